The van der Waals surface area contributed by atoms with Crippen LogP contribution in [-0.2, 0) is 26.0 Å². The van der Waals surface area contributed by atoms with E-state index in [1.807, 2.05) is 45.0 Å². The van der Waals surface area contributed by atoms with Crippen LogP contribution in [0.4, 0.5) is 0 Å². The predicted molar refractivity (Wildman–Crippen MR) is 126 cm³/mol. The number of piperidine rings is 1. The summed E-state index contributed by atoms with van der Waals surface area (Å²) in [6.45, 7) is 7.02. The minimum Gasteiger partial charge on any atom is -0.452 e. The van der Waals surface area contributed by atoms with Gasteiger partial charge in [-0.05, 0) is 60.9 Å². The number of amides is 1. The van der Waals surface area contributed by atoms with E-state index in [0.29, 0.717) is 26.1 Å². The molecule has 1 aliphatic rings. The first-order valence-corrected chi connectivity index (χ1v) is 12.7. The van der Waals surface area contributed by atoms with E-state index in [9.17, 15) is 18.0 Å². The van der Waals surface area contributed by atoms with Gasteiger partial charge in [-0.1, -0.05) is 44.2 Å². The number of benzene rings is 2. The fourth-order valence-electron chi connectivity index (χ4n) is 4.23. The SMILES string of the molecule is Cc1ccccc1CCNC(=O)COC(=O)c1cccc(S(=O)(=O)N2CC(C)CC(C)C2)c1. The van der Waals surface area contributed by atoms with Gasteiger partial charge in [0.1, 0.15) is 0 Å². The van der Waals surface area contributed by atoms with Gasteiger partial charge in [-0.2, -0.15) is 4.31 Å². The van der Waals surface area contributed by atoms with Crippen LogP contribution >= 0.6 is 0 Å². The van der Waals surface area contributed by atoms with Crippen LogP contribution in [0.15, 0.2) is 53.4 Å². The zero-order valence-corrected chi connectivity index (χ0v) is 20.2. The lowest BCUT2D eigenvalue weighted by molar-refractivity contribution is -0.124. The molecule has 0 aromatic heterocycles. The molecular formula is C25H32N2O5S. The summed E-state index contributed by atoms with van der Waals surface area (Å²) in [5.74, 6) is -0.583. The summed E-state index contributed by atoms with van der Waals surface area (Å²) < 4.78 is 32.8. The van der Waals surface area contributed by atoms with Gasteiger partial charge in [-0.25, -0.2) is 13.2 Å². The smallest absolute Gasteiger partial charge is 0.338 e. The molecule has 2 atom stereocenters. The monoisotopic (exact) mass is 472 g/mol. The van der Waals surface area contributed by atoms with Gasteiger partial charge in [0.25, 0.3) is 5.91 Å². The molecule has 0 saturated carbocycles. The molecule has 33 heavy (non-hydrogen) atoms. The van der Waals surface area contributed by atoms with E-state index in [-0.39, 0.29) is 22.3 Å². The Hall–Kier alpha value is -2.71. The van der Waals surface area contributed by atoms with Crippen LogP contribution in [-0.4, -0.2) is 50.8 Å². The molecule has 1 aliphatic heterocycles. The van der Waals surface area contributed by atoms with Crippen molar-refractivity contribution in [3.05, 3.63) is 65.2 Å². The third-order valence-electron chi connectivity index (χ3n) is 5.85. The van der Waals surface area contributed by atoms with Crippen molar-refractivity contribution in [2.24, 2.45) is 11.8 Å². The molecule has 3 rings (SSSR count). The van der Waals surface area contributed by atoms with Crippen LogP contribution in [0.1, 0.15) is 41.8 Å². The van der Waals surface area contributed by atoms with Crippen molar-refractivity contribution in [3.8, 4) is 0 Å². The number of nitrogens with zero attached hydrogens (tertiary/aromatic N) is 1. The second kappa shape index (κ2) is 10.9. The summed E-state index contributed by atoms with van der Waals surface area (Å²) in [5, 5.41) is 2.73. The van der Waals surface area contributed by atoms with Crippen molar-refractivity contribution >= 4 is 21.9 Å². The number of nitrogens with one attached hydrogen (secondary N) is 1. The van der Waals surface area contributed by atoms with E-state index in [0.717, 1.165) is 17.5 Å². The molecule has 2 unspecified atom stereocenters. The maximum atomic E-state index is 13.1. The van der Waals surface area contributed by atoms with E-state index in [1.165, 1.54) is 28.6 Å². The molecule has 0 radical (unpaired) electrons. The normalized spacial score (nSPS) is 19.1. The van der Waals surface area contributed by atoms with Gasteiger partial charge >= 0.3 is 5.97 Å². The highest BCUT2D eigenvalue weighted by atomic mass is 32.2. The average molecular weight is 473 g/mol. The molecule has 1 N–H and O–H groups in total. The highest BCUT2D eigenvalue weighted by Crippen LogP contribution is 2.27. The molecule has 1 heterocycles. The van der Waals surface area contributed by atoms with Crippen molar-refractivity contribution < 1.29 is 22.7 Å². The lowest BCUT2D eigenvalue weighted by Crippen LogP contribution is -2.42. The second-order valence-electron chi connectivity index (χ2n) is 8.90. The van der Waals surface area contributed by atoms with E-state index in [2.05, 4.69) is 5.32 Å². The Morgan fingerprint density at radius 2 is 1.76 bits per heavy atom. The third kappa shape index (κ3) is 6.65. The molecule has 1 amide bonds. The molecule has 1 fully saturated rings. The fourth-order valence-corrected chi connectivity index (χ4v) is 5.95. The number of hydrogen-bond donors (Lipinski definition) is 1. The van der Waals surface area contributed by atoms with E-state index in [4.69, 9.17) is 4.74 Å². The van der Waals surface area contributed by atoms with E-state index in [1.54, 1.807) is 0 Å². The summed E-state index contributed by atoms with van der Waals surface area (Å²) in [7, 11) is -3.71. The van der Waals surface area contributed by atoms with Crippen LogP contribution < -0.4 is 5.32 Å². The quantitative estimate of drug-likeness (QED) is 0.596. The first-order valence-electron chi connectivity index (χ1n) is 11.3. The van der Waals surface area contributed by atoms with Crippen molar-refractivity contribution in [2.45, 2.75) is 38.5 Å². The number of aryl methyl sites for hydroxylation is 1. The topological polar surface area (TPSA) is 92.8 Å². The first kappa shape index (κ1) is 24.9. The Labute approximate surface area is 196 Å². The van der Waals surface area contributed by atoms with Gasteiger partial charge in [0, 0.05) is 19.6 Å². The summed E-state index contributed by atoms with van der Waals surface area (Å²) in [5.41, 5.74) is 2.40. The van der Waals surface area contributed by atoms with Crippen molar-refractivity contribution in [1.29, 1.82) is 0 Å². The van der Waals surface area contributed by atoms with E-state index >= 15 is 0 Å². The van der Waals surface area contributed by atoms with Gasteiger partial charge in [-0.3, -0.25) is 4.79 Å². The number of carbonyl (C=O) groups excluding carboxylic acids is 2. The zero-order valence-electron chi connectivity index (χ0n) is 19.4. The van der Waals surface area contributed by atoms with Crippen LogP contribution in [0.2, 0.25) is 0 Å². The lowest BCUT2D eigenvalue weighted by Gasteiger charge is -2.34. The molecule has 2 aromatic carbocycles. The number of hydrogen-bond acceptors (Lipinski definition) is 5. The number of rotatable bonds is 8. The highest BCUT2D eigenvalue weighted by Gasteiger charge is 2.32. The molecule has 178 valence electrons. The fraction of sp³-hybridized carbons (Fsp3) is 0.440. The molecule has 0 bridgehead atoms. The van der Waals surface area contributed by atoms with Crippen LogP contribution in [0, 0.1) is 18.8 Å². The summed E-state index contributed by atoms with van der Waals surface area (Å²) in [4.78, 5) is 24.6. The Balaban J connectivity index is 1.55. The Bertz CT molecular complexity index is 1090. The first-order chi connectivity index (χ1) is 15.7. The maximum absolute atomic E-state index is 13.1. The van der Waals surface area contributed by atoms with Crippen molar-refractivity contribution in [1.82, 2.24) is 9.62 Å². The van der Waals surface area contributed by atoms with Gasteiger partial charge in [-0.15, -0.1) is 0 Å². The van der Waals surface area contributed by atoms with Gasteiger partial charge in [0.15, 0.2) is 6.61 Å². The van der Waals surface area contributed by atoms with E-state index < -0.39 is 28.5 Å². The molecule has 1 saturated heterocycles. The number of esters is 1. The molecule has 2 aromatic rings. The number of sulfonamides is 1. The van der Waals surface area contributed by atoms with Crippen LogP contribution in [0.5, 0.6) is 0 Å². The molecule has 0 aliphatic carbocycles. The standard InChI is InChI=1S/C25H32N2O5S/c1-18-13-19(2)16-27(15-18)33(30,31)23-10-6-9-22(14-23)25(29)32-17-24(28)26-12-11-21-8-5-4-7-20(21)3/h4-10,14,18-19H,11-13,15-17H2,1-3H3,(H,26,28). The Morgan fingerprint density at radius 1 is 1.06 bits per heavy atom. The second-order valence-corrected chi connectivity index (χ2v) is 10.8. The van der Waals surface area contributed by atoms with Crippen molar-refractivity contribution in [3.63, 3.8) is 0 Å². The van der Waals surface area contributed by atoms with Crippen LogP contribution in [0.25, 0.3) is 0 Å². The highest BCUT2D eigenvalue weighted by molar-refractivity contribution is 7.89. The number of ether oxygens (including phenoxy) is 1. The Kier molecular flexibility index (Phi) is 8.26. The summed E-state index contributed by atoms with van der Waals surface area (Å²) in [6, 6.07) is 13.7. The largest absolute Gasteiger partial charge is 0.452 e. The average Bonchev–Trinajstić information content (AvgIpc) is 2.78. The maximum Gasteiger partial charge on any atom is 0.338 e. The molecule has 8 heteroatoms. The third-order valence-corrected chi connectivity index (χ3v) is 7.68. The van der Waals surface area contributed by atoms with Gasteiger partial charge in [0.05, 0.1) is 10.5 Å². The molecular weight excluding hydrogens is 440 g/mol. The predicted octanol–water partition coefficient (Wildman–Crippen LogP) is 3.18. The zero-order chi connectivity index (χ0) is 24.0. The minimum absolute atomic E-state index is 0.0564. The number of carbonyl (C=O) groups is 2. The van der Waals surface area contributed by atoms with Crippen LogP contribution in [0.3, 0.4) is 0 Å². The Morgan fingerprint density at radius 3 is 2.45 bits per heavy atom. The summed E-state index contributed by atoms with van der Waals surface area (Å²) >= 11 is 0. The minimum atomic E-state index is -3.71. The van der Waals surface area contributed by atoms with Gasteiger partial charge < -0.3 is 10.1 Å². The molecule has 0 spiro atoms. The summed E-state index contributed by atoms with van der Waals surface area (Å²) in [6.07, 6.45) is 1.67. The lowest BCUT2D eigenvalue weighted by atomic mass is 9.94. The van der Waals surface area contributed by atoms with Crippen molar-refractivity contribution in [2.75, 3.05) is 26.2 Å². The van der Waals surface area contributed by atoms with Gasteiger partial charge in [0.2, 0.25) is 10.0 Å². The molecule has 7 nitrogen and oxygen atoms in total.